The number of benzene rings is 2. The molecule has 124 valence electrons. The van der Waals surface area contributed by atoms with Gasteiger partial charge in [0.15, 0.2) is 0 Å². The first-order chi connectivity index (χ1) is 11.3. The summed E-state index contributed by atoms with van der Waals surface area (Å²) >= 11 is 5.62. The van der Waals surface area contributed by atoms with Gasteiger partial charge < -0.3 is 4.74 Å². The van der Waals surface area contributed by atoms with Crippen molar-refractivity contribution < 1.29 is 4.74 Å². The zero-order valence-corrected chi connectivity index (χ0v) is 16.3. The summed E-state index contributed by atoms with van der Waals surface area (Å²) in [6, 6.07) is 17.4. The predicted molar refractivity (Wildman–Crippen MR) is 106 cm³/mol. The quantitative estimate of drug-likeness (QED) is 0.490. The molecule has 0 aliphatic heterocycles. The first kappa shape index (κ1) is 18.4. The van der Waals surface area contributed by atoms with E-state index in [1.165, 1.54) is 16.7 Å². The third kappa shape index (κ3) is 5.29. The standard InChI is InChI=1S/C20H25BrOS/c1-3-13-22-18-10-8-17(9-11-18)20(15-21)19-7-5-4-6-16(19)12-14-23-2/h4-11,20H,3,12-15H2,1-2H3. The van der Waals surface area contributed by atoms with E-state index in [1.54, 1.807) is 0 Å². The summed E-state index contributed by atoms with van der Waals surface area (Å²) in [5.74, 6) is 2.50. The first-order valence-corrected chi connectivity index (χ1v) is 10.7. The summed E-state index contributed by atoms with van der Waals surface area (Å²) in [7, 11) is 0. The van der Waals surface area contributed by atoms with Crippen LogP contribution in [-0.2, 0) is 6.42 Å². The molecule has 0 saturated heterocycles. The van der Waals surface area contributed by atoms with Gasteiger partial charge in [-0.3, -0.25) is 0 Å². The Kier molecular flexibility index (Phi) is 8.04. The molecule has 2 aromatic carbocycles. The second-order valence-corrected chi connectivity index (χ2v) is 7.20. The number of ether oxygens (including phenoxy) is 1. The summed E-state index contributed by atoms with van der Waals surface area (Å²) < 4.78 is 5.69. The highest BCUT2D eigenvalue weighted by Crippen LogP contribution is 2.31. The molecule has 23 heavy (non-hydrogen) atoms. The molecule has 1 unspecified atom stereocenters. The van der Waals surface area contributed by atoms with Gasteiger partial charge in [0.05, 0.1) is 6.61 Å². The monoisotopic (exact) mass is 392 g/mol. The lowest BCUT2D eigenvalue weighted by atomic mass is 9.89. The van der Waals surface area contributed by atoms with Crippen molar-refractivity contribution in [3.8, 4) is 5.75 Å². The minimum atomic E-state index is 0.383. The fraction of sp³-hybridized carbons (Fsp3) is 0.400. The van der Waals surface area contributed by atoms with Crippen LogP contribution in [0.5, 0.6) is 5.75 Å². The molecule has 0 heterocycles. The van der Waals surface area contributed by atoms with Gasteiger partial charge in [0, 0.05) is 11.2 Å². The number of aryl methyl sites for hydroxylation is 1. The van der Waals surface area contributed by atoms with Crippen LogP contribution in [0.25, 0.3) is 0 Å². The maximum atomic E-state index is 5.69. The van der Waals surface area contributed by atoms with Crippen molar-refractivity contribution in [2.24, 2.45) is 0 Å². The second kappa shape index (κ2) is 10.0. The van der Waals surface area contributed by atoms with Crippen LogP contribution < -0.4 is 4.74 Å². The van der Waals surface area contributed by atoms with Crippen LogP contribution in [0.1, 0.15) is 36.0 Å². The number of thioether (sulfide) groups is 1. The maximum Gasteiger partial charge on any atom is 0.119 e. The molecule has 0 aliphatic carbocycles. The van der Waals surface area contributed by atoms with Crippen LogP contribution in [0.4, 0.5) is 0 Å². The number of halogens is 1. The second-order valence-electron chi connectivity index (χ2n) is 5.57. The lowest BCUT2D eigenvalue weighted by Crippen LogP contribution is -2.07. The molecule has 1 nitrogen and oxygen atoms in total. The van der Waals surface area contributed by atoms with Gasteiger partial charge in [-0.2, -0.15) is 11.8 Å². The van der Waals surface area contributed by atoms with Crippen LogP contribution in [0.2, 0.25) is 0 Å². The van der Waals surface area contributed by atoms with Gasteiger partial charge in [0.2, 0.25) is 0 Å². The molecule has 0 spiro atoms. The molecular weight excluding hydrogens is 368 g/mol. The molecule has 0 N–H and O–H groups in total. The van der Waals surface area contributed by atoms with Gasteiger partial charge >= 0.3 is 0 Å². The van der Waals surface area contributed by atoms with Crippen molar-refractivity contribution in [3.05, 3.63) is 65.2 Å². The van der Waals surface area contributed by atoms with E-state index in [2.05, 4.69) is 77.6 Å². The van der Waals surface area contributed by atoms with Crippen LogP contribution in [0, 0.1) is 0 Å². The van der Waals surface area contributed by atoms with Gasteiger partial charge in [-0.1, -0.05) is 59.3 Å². The van der Waals surface area contributed by atoms with Crippen LogP contribution >= 0.6 is 27.7 Å². The van der Waals surface area contributed by atoms with E-state index in [9.17, 15) is 0 Å². The van der Waals surface area contributed by atoms with Gasteiger partial charge in [-0.15, -0.1) is 0 Å². The van der Waals surface area contributed by atoms with Crippen LogP contribution in [-0.4, -0.2) is 23.9 Å². The fourth-order valence-corrected chi connectivity index (χ4v) is 3.83. The van der Waals surface area contributed by atoms with E-state index in [0.29, 0.717) is 5.92 Å². The van der Waals surface area contributed by atoms with E-state index >= 15 is 0 Å². The fourth-order valence-electron chi connectivity index (χ4n) is 2.68. The third-order valence-corrected chi connectivity index (χ3v) is 5.18. The number of hydrogen-bond donors (Lipinski definition) is 0. The molecule has 0 bridgehead atoms. The molecule has 2 rings (SSSR count). The topological polar surface area (TPSA) is 9.23 Å². The highest BCUT2D eigenvalue weighted by molar-refractivity contribution is 9.09. The van der Waals surface area contributed by atoms with Crippen molar-refractivity contribution >= 4 is 27.7 Å². The van der Waals surface area contributed by atoms with Crippen molar-refractivity contribution in [1.29, 1.82) is 0 Å². The Balaban J connectivity index is 2.22. The molecule has 0 aromatic heterocycles. The maximum absolute atomic E-state index is 5.69. The Morgan fingerprint density at radius 3 is 2.48 bits per heavy atom. The third-order valence-electron chi connectivity index (χ3n) is 3.92. The summed E-state index contributed by atoms with van der Waals surface area (Å²) in [4.78, 5) is 0. The summed E-state index contributed by atoms with van der Waals surface area (Å²) in [5, 5.41) is 0.929. The Morgan fingerprint density at radius 1 is 1.09 bits per heavy atom. The Hall–Kier alpha value is -0.930. The van der Waals surface area contributed by atoms with E-state index in [4.69, 9.17) is 4.74 Å². The highest BCUT2D eigenvalue weighted by atomic mass is 79.9. The Bertz CT molecular complexity index is 582. The molecule has 0 radical (unpaired) electrons. The largest absolute Gasteiger partial charge is 0.494 e. The molecule has 1 atom stereocenters. The van der Waals surface area contributed by atoms with Gasteiger partial charge in [0.25, 0.3) is 0 Å². The number of hydrogen-bond acceptors (Lipinski definition) is 2. The molecule has 3 heteroatoms. The summed E-state index contributed by atoms with van der Waals surface area (Å²) in [5.41, 5.74) is 4.22. The summed E-state index contributed by atoms with van der Waals surface area (Å²) in [6.45, 7) is 2.90. The van der Waals surface area contributed by atoms with Crippen molar-refractivity contribution in [2.75, 3.05) is 23.9 Å². The van der Waals surface area contributed by atoms with Crippen LogP contribution in [0.15, 0.2) is 48.5 Å². The smallest absolute Gasteiger partial charge is 0.119 e. The van der Waals surface area contributed by atoms with Gasteiger partial charge in [0.1, 0.15) is 5.75 Å². The van der Waals surface area contributed by atoms with Gasteiger partial charge in [-0.05, 0) is 53.7 Å². The van der Waals surface area contributed by atoms with Crippen molar-refractivity contribution in [3.63, 3.8) is 0 Å². The SMILES string of the molecule is CCCOc1ccc(C(CBr)c2ccccc2CCSC)cc1. The molecular formula is C20H25BrOS. The van der Waals surface area contributed by atoms with E-state index in [0.717, 1.165) is 36.3 Å². The van der Waals surface area contributed by atoms with E-state index < -0.39 is 0 Å². The minimum Gasteiger partial charge on any atom is -0.494 e. The van der Waals surface area contributed by atoms with Gasteiger partial charge in [-0.25, -0.2) is 0 Å². The van der Waals surface area contributed by atoms with E-state index in [1.807, 2.05) is 11.8 Å². The average Bonchev–Trinajstić information content (AvgIpc) is 2.61. The lowest BCUT2D eigenvalue weighted by molar-refractivity contribution is 0.317. The molecule has 2 aromatic rings. The molecule has 0 amide bonds. The predicted octanol–water partition coefficient (Wildman–Crippen LogP) is 5.91. The summed E-state index contributed by atoms with van der Waals surface area (Å²) in [6.07, 6.45) is 4.33. The van der Waals surface area contributed by atoms with Crippen molar-refractivity contribution in [2.45, 2.75) is 25.7 Å². The van der Waals surface area contributed by atoms with Crippen LogP contribution in [0.3, 0.4) is 0 Å². The number of rotatable bonds is 9. The lowest BCUT2D eigenvalue weighted by Gasteiger charge is -2.19. The van der Waals surface area contributed by atoms with E-state index in [-0.39, 0.29) is 0 Å². The zero-order chi connectivity index (χ0) is 16.5. The molecule has 0 fully saturated rings. The molecule has 0 saturated carbocycles. The Labute approximate surface area is 153 Å². The zero-order valence-electron chi connectivity index (χ0n) is 13.9. The number of alkyl halides is 1. The normalized spacial score (nSPS) is 12.1. The average molecular weight is 393 g/mol. The first-order valence-electron chi connectivity index (χ1n) is 8.15. The minimum absolute atomic E-state index is 0.383. The van der Waals surface area contributed by atoms with Crippen molar-refractivity contribution in [1.82, 2.24) is 0 Å². The highest BCUT2D eigenvalue weighted by Gasteiger charge is 2.16. The molecule has 0 aliphatic rings. The Morgan fingerprint density at radius 2 is 1.83 bits per heavy atom.